The van der Waals surface area contributed by atoms with E-state index in [-0.39, 0.29) is 5.78 Å². The standard InChI is InChI=1S/C18H17NO/c1-12-7-8-14(9-13(12)2)10-18(20)16-11-19-17-6-4-3-5-15(16)17/h3-9,11,19H,10H2,1-2H3. The summed E-state index contributed by atoms with van der Waals surface area (Å²) in [6.45, 7) is 4.16. The molecule has 1 aromatic heterocycles. The Balaban J connectivity index is 1.91. The summed E-state index contributed by atoms with van der Waals surface area (Å²) in [6.07, 6.45) is 2.26. The number of para-hydroxylation sites is 1. The topological polar surface area (TPSA) is 32.9 Å². The van der Waals surface area contributed by atoms with E-state index in [2.05, 4.69) is 31.0 Å². The molecule has 0 saturated carbocycles. The first-order valence-electron chi connectivity index (χ1n) is 6.80. The first kappa shape index (κ1) is 12.7. The van der Waals surface area contributed by atoms with Crippen molar-refractivity contribution in [2.45, 2.75) is 20.3 Å². The monoisotopic (exact) mass is 263 g/mol. The average molecular weight is 263 g/mol. The molecular weight excluding hydrogens is 246 g/mol. The molecule has 0 amide bonds. The molecule has 0 aliphatic carbocycles. The van der Waals surface area contributed by atoms with Gasteiger partial charge in [0.2, 0.25) is 0 Å². The number of H-pyrrole nitrogens is 1. The SMILES string of the molecule is Cc1ccc(CC(=O)c2c[nH]c3ccccc23)cc1C. The van der Waals surface area contributed by atoms with E-state index in [0.29, 0.717) is 6.42 Å². The maximum absolute atomic E-state index is 12.5. The average Bonchev–Trinajstić information content (AvgIpc) is 2.87. The number of fused-ring (bicyclic) bond motifs is 1. The molecule has 3 aromatic rings. The van der Waals surface area contributed by atoms with Crippen LogP contribution in [0.4, 0.5) is 0 Å². The smallest absolute Gasteiger partial charge is 0.169 e. The molecule has 2 aromatic carbocycles. The number of ketones is 1. The Hall–Kier alpha value is -2.35. The molecule has 2 nitrogen and oxygen atoms in total. The Kier molecular flexibility index (Phi) is 3.15. The Bertz CT molecular complexity index is 783. The Morgan fingerprint density at radius 2 is 1.85 bits per heavy atom. The second kappa shape index (κ2) is 4.97. The number of hydrogen-bond donors (Lipinski definition) is 1. The van der Waals surface area contributed by atoms with Crippen molar-refractivity contribution in [3.63, 3.8) is 0 Å². The van der Waals surface area contributed by atoms with Crippen molar-refractivity contribution in [3.05, 3.63) is 70.9 Å². The lowest BCUT2D eigenvalue weighted by Gasteiger charge is -2.04. The van der Waals surface area contributed by atoms with Crippen LogP contribution in [0.5, 0.6) is 0 Å². The molecule has 0 saturated heterocycles. The van der Waals surface area contributed by atoms with Gasteiger partial charge in [-0.15, -0.1) is 0 Å². The fourth-order valence-electron chi connectivity index (χ4n) is 2.50. The molecule has 0 aliphatic heterocycles. The first-order chi connectivity index (χ1) is 9.65. The molecule has 0 spiro atoms. The predicted octanol–water partition coefficient (Wildman–Crippen LogP) is 4.21. The zero-order chi connectivity index (χ0) is 14.1. The van der Waals surface area contributed by atoms with Crippen LogP contribution in [0.3, 0.4) is 0 Å². The van der Waals surface area contributed by atoms with Crippen LogP contribution in [0.2, 0.25) is 0 Å². The van der Waals surface area contributed by atoms with Crippen LogP contribution in [0, 0.1) is 13.8 Å². The minimum atomic E-state index is 0.158. The van der Waals surface area contributed by atoms with Gasteiger partial charge in [-0.25, -0.2) is 0 Å². The molecule has 1 heterocycles. The van der Waals surface area contributed by atoms with Gasteiger partial charge in [-0.05, 0) is 36.6 Å². The van der Waals surface area contributed by atoms with Crippen LogP contribution in [0.15, 0.2) is 48.7 Å². The lowest BCUT2D eigenvalue weighted by atomic mass is 9.99. The summed E-state index contributed by atoms with van der Waals surface area (Å²) in [5, 5.41) is 1.00. The molecule has 0 bridgehead atoms. The number of carbonyl (C=O) groups is 1. The third-order valence-corrected chi connectivity index (χ3v) is 3.83. The van der Waals surface area contributed by atoms with Crippen LogP contribution in [-0.4, -0.2) is 10.8 Å². The highest BCUT2D eigenvalue weighted by Gasteiger charge is 2.12. The predicted molar refractivity (Wildman–Crippen MR) is 82.2 cm³/mol. The number of aromatic amines is 1. The van der Waals surface area contributed by atoms with Crippen molar-refractivity contribution in [3.8, 4) is 0 Å². The highest BCUT2D eigenvalue weighted by atomic mass is 16.1. The van der Waals surface area contributed by atoms with Gasteiger partial charge in [-0.2, -0.15) is 0 Å². The molecule has 100 valence electrons. The summed E-state index contributed by atoms with van der Waals surface area (Å²) in [5.74, 6) is 0.158. The number of carbonyl (C=O) groups excluding carboxylic acids is 1. The summed E-state index contributed by atoms with van der Waals surface area (Å²) in [7, 11) is 0. The van der Waals surface area contributed by atoms with E-state index >= 15 is 0 Å². The molecule has 20 heavy (non-hydrogen) atoms. The van der Waals surface area contributed by atoms with Crippen molar-refractivity contribution in [1.29, 1.82) is 0 Å². The van der Waals surface area contributed by atoms with Gasteiger partial charge in [-0.1, -0.05) is 36.4 Å². The molecule has 2 heteroatoms. The number of aryl methyl sites for hydroxylation is 2. The van der Waals surface area contributed by atoms with Crippen molar-refractivity contribution in [1.82, 2.24) is 4.98 Å². The van der Waals surface area contributed by atoms with Crippen LogP contribution in [-0.2, 0) is 6.42 Å². The minimum absolute atomic E-state index is 0.158. The molecule has 0 aliphatic rings. The van der Waals surface area contributed by atoms with E-state index in [1.807, 2.05) is 36.5 Å². The molecule has 1 N–H and O–H groups in total. The fourth-order valence-corrected chi connectivity index (χ4v) is 2.50. The van der Waals surface area contributed by atoms with Gasteiger partial charge in [0.05, 0.1) is 0 Å². The Morgan fingerprint density at radius 1 is 1.05 bits per heavy atom. The molecular formula is C18H17NO. The number of aromatic nitrogens is 1. The summed E-state index contributed by atoms with van der Waals surface area (Å²) >= 11 is 0. The van der Waals surface area contributed by atoms with E-state index in [1.165, 1.54) is 11.1 Å². The van der Waals surface area contributed by atoms with Crippen molar-refractivity contribution >= 4 is 16.7 Å². The van der Waals surface area contributed by atoms with Gasteiger partial charge < -0.3 is 4.98 Å². The van der Waals surface area contributed by atoms with Gasteiger partial charge in [0.1, 0.15) is 0 Å². The van der Waals surface area contributed by atoms with Crippen LogP contribution >= 0.6 is 0 Å². The summed E-state index contributed by atoms with van der Waals surface area (Å²) in [6, 6.07) is 14.1. The number of hydrogen-bond acceptors (Lipinski definition) is 1. The van der Waals surface area contributed by atoms with Gasteiger partial charge in [0, 0.05) is 29.1 Å². The highest BCUT2D eigenvalue weighted by molar-refractivity contribution is 6.08. The maximum atomic E-state index is 12.5. The van der Waals surface area contributed by atoms with E-state index in [4.69, 9.17) is 0 Å². The minimum Gasteiger partial charge on any atom is -0.360 e. The van der Waals surface area contributed by atoms with E-state index in [9.17, 15) is 4.79 Å². The summed E-state index contributed by atoms with van der Waals surface area (Å²) in [5.41, 5.74) is 5.35. The van der Waals surface area contributed by atoms with Crippen LogP contribution < -0.4 is 0 Å². The second-order valence-corrected chi connectivity index (χ2v) is 5.27. The van der Waals surface area contributed by atoms with Crippen LogP contribution in [0.1, 0.15) is 27.0 Å². The number of rotatable bonds is 3. The summed E-state index contributed by atoms with van der Waals surface area (Å²) in [4.78, 5) is 15.6. The summed E-state index contributed by atoms with van der Waals surface area (Å²) < 4.78 is 0. The van der Waals surface area contributed by atoms with Crippen molar-refractivity contribution in [2.24, 2.45) is 0 Å². The molecule has 3 rings (SSSR count). The third-order valence-electron chi connectivity index (χ3n) is 3.83. The number of Topliss-reactive ketones (excluding diaryl/α,β-unsaturated/α-hetero) is 1. The van der Waals surface area contributed by atoms with Gasteiger partial charge >= 0.3 is 0 Å². The lowest BCUT2D eigenvalue weighted by molar-refractivity contribution is 0.0994. The van der Waals surface area contributed by atoms with Gasteiger partial charge in [-0.3, -0.25) is 4.79 Å². The van der Waals surface area contributed by atoms with Gasteiger partial charge in [0.15, 0.2) is 5.78 Å². The molecule has 0 radical (unpaired) electrons. The second-order valence-electron chi connectivity index (χ2n) is 5.27. The van der Waals surface area contributed by atoms with Crippen molar-refractivity contribution < 1.29 is 4.79 Å². The van der Waals surface area contributed by atoms with Crippen LogP contribution in [0.25, 0.3) is 10.9 Å². The van der Waals surface area contributed by atoms with E-state index in [1.54, 1.807) is 0 Å². The molecule has 0 atom stereocenters. The third kappa shape index (κ3) is 2.25. The normalized spacial score (nSPS) is 10.9. The first-order valence-corrected chi connectivity index (χ1v) is 6.80. The number of nitrogens with one attached hydrogen (secondary N) is 1. The van der Waals surface area contributed by atoms with E-state index in [0.717, 1.165) is 22.0 Å². The largest absolute Gasteiger partial charge is 0.360 e. The fraction of sp³-hybridized carbons (Fsp3) is 0.167. The Morgan fingerprint density at radius 3 is 2.65 bits per heavy atom. The molecule has 0 unspecified atom stereocenters. The Labute approximate surface area is 118 Å². The van der Waals surface area contributed by atoms with E-state index < -0.39 is 0 Å². The zero-order valence-corrected chi connectivity index (χ0v) is 11.7. The maximum Gasteiger partial charge on any atom is 0.169 e. The lowest BCUT2D eigenvalue weighted by Crippen LogP contribution is -2.03. The van der Waals surface area contributed by atoms with Gasteiger partial charge in [0.25, 0.3) is 0 Å². The highest BCUT2D eigenvalue weighted by Crippen LogP contribution is 2.20. The number of benzene rings is 2. The van der Waals surface area contributed by atoms with Crippen molar-refractivity contribution in [2.75, 3.05) is 0 Å². The molecule has 0 fully saturated rings. The zero-order valence-electron chi connectivity index (χ0n) is 11.7. The quantitative estimate of drug-likeness (QED) is 0.705.